The SMILES string of the molecule is Cc1ccc(Cl)c(NC(=O)Cn2cc(S(=O)(=O)N3CCCC3)ccc2=O)c1Cl. The van der Waals surface area contributed by atoms with Crippen molar-refractivity contribution in [1.82, 2.24) is 8.87 Å². The molecule has 0 saturated carbocycles. The summed E-state index contributed by atoms with van der Waals surface area (Å²) < 4.78 is 27.8. The molecule has 1 saturated heterocycles. The van der Waals surface area contributed by atoms with E-state index in [4.69, 9.17) is 23.2 Å². The number of anilines is 1. The highest BCUT2D eigenvalue weighted by Crippen LogP contribution is 2.32. The molecule has 28 heavy (non-hydrogen) atoms. The van der Waals surface area contributed by atoms with Crippen LogP contribution in [-0.2, 0) is 21.4 Å². The first-order chi connectivity index (χ1) is 13.2. The minimum atomic E-state index is -3.69. The van der Waals surface area contributed by atoms with Crippen molar-refractivity contribution in [2.75, 3.05) is 18.4 Å². The fraction of sp³-hybridized carbons (Fsp3) is 0.333. The molecule has 10 heteroatoms. The fourth-order valence-corrected chi connectivity index (χ4v) is 4.97. The predicted octanol–water partition coefficient (Wildman–Crippen LogP) is 2.89. The van der Waals surface area contributed by atoms with Crippen molar-refractivity contribution in [1.29, 1.82) is 0 Å². The minimum Gasteiger partial charge on any atom is -0.322 e. The number of aromatic nitrogens is 1. The molecular weight excluding hydrogens is 425 g/mol. The molecule has 7 nitrogen and oxygen atoms in total. The van der Waals surface area contributed by atoms with Crippen molar-refractivity contribution in [3.05, 3.63) is 56.4 Å². The van der Waals surface area contributed by atoms with Crippen molar-refractivity contribution in [3.63, 3.8) is 0 Å². The summed E-state index contributed by atoms with van der Waals surface area (Å²) in [7, 11) is -3.69. The molecule has 1 aromatic heterocycles. The molecule has 2 heterocycles. The van der Waals surface area contributed by atoms with Crippen LogP contribution < -0.4 is 10.9 Å². The maximum Gasteiger partial charge on any atom is 0.251 e. The third-order valence-corrected chi connectivity index (χ3v) is 7.21. The van der Waals surface area contributed by atoms with Gasteiger partial charge < -0.3 is 9.88 Å². The van der Waals surface area contributed by atoms with E-state index in [1.54, 1.807) is 19.1 Å². The molecule has 150 valence electrons. The van der Waals surface area contributed by atoms with E-state index in [-0.39, 0.29) is 22.2 Å². The van der Waals surface area contributed by atoms with E-state index < -0.39 is 21.5 Å². The molecule has 1 aromatic carbocycles. The quantitative estimate of drug-likeness (QED) is 0.768. The van der Waals surface area contributed by atoms with Gasteiger partial charge in [0.25, 0.3) is 5.56 Å². The normalized spacial score (nSPS) is 15.0. The lowest BCUT2D eigenvalue weighted by molar-refractivity contribution is -0.116. The minimum absolute atomic E-state index is 0.0200. The van der Waals surface area contributed by atoms with Crippen LogP contribution in [0.25, 0.3) is 0 Å². The molecule has 3 rings (SSSR count). The van der Waals surface area contributed by atoms with Gasteiger partial charge in [0.15, 0.2) is 0 Å². The fourth-order valence-electron chi connectivity index (χ4n) is 2.97. The summed E-state index contributed by atoms with van der Waals surface area (Å²) >= 11 is 12.3. The predicted molar refractivity (Wildman–Crippen MR) is 109 cm³/mol. The van der Waals surface area contributed by atoms with Gasteiger partial charge in [-0.2, -0.15) is 4.31 Å². The second-order valence-corrected chi connectivity index (χ2v) is 9.27. The van der Waals surface area contributed by atoms with Crippen molar-refractivity contribution in [3.8, 4) is 0 Å². The number of aryl methyl sites for hydroxylation is 1. The van der Waals surface area contributed by atoms with Gasteiger partial charge in [-0.05, 0) is 37.5 Å². The van der Waals surface area contributed by atoms with E-state index in [9.17, 15) is 18.0 Å². The number of amides is 1. The Morgan fingerprint density at radius 1 is 1.14 bits per heavy atom. The van der Waals surface area contributed by atoms with Gasteiger partial charge in [0.1, 0.15) is 6.54 Å². The number of hydrogen-bond donors (Lipinski definition) is 1. The van der Waals surface area contributed by atoms with Gasteiger partial charge in [-0.25, -0.2) is 8.42 Å². The van der Waals surface area contributed by atoms with Crippen LogP contribution in [0.3, 0.4) is 0 Å². The monoisotopic (exact) mass is 443 g/mol. The summed E-state index contributed by atoms with van der Waals surface area (Å²) in [6.07, 6.45) is 2.80. The standard InChI is InChI=1S/C18H19Cl2N3O4S/c1-12-4-6-14(19)18(17(12)20)21-15(24)11-22-10-13(5-7-16(22)25)28(26,27)23-8-2-3-9-23/h4-7,10H,2-3,8-9,11H2,1H3,(H,21,24). The van der Waals surface area contributed by atoms with Crippen molar-refractivity contribution >= 4 is 44.8 Å². The lowest BCUT2D eigenvalue weighted by Gasteiger charge is -2.16. The van der Waals surface area contributed by atoms with Crippen molar-refractivity contribution in [2.24, 2.45) is 0 Å². The second-order valence-electron chi connectivity index (χ2n) is 6.54. The zero-order valence-corrected chi connectivity index (χ0v) is 17.4. The van der Waals surface area contributed by atoms with E-state index in [0.29, 0.717) is 18.1 Å². The lowest BCUT2D eigenvalue weighted by Crippen LogP contribution is -2.31. The molecule has 0 aliphatic carbocycles. The highest BCUT2D eigenvalue weighted by molar-refractivity contribution is 7.89. The first kappa shape index (κ1) is 20.9. The van der Waals surface area contributed by atoms with Crippen LogP contribution >= 0.6 is 23.2 Å². The first-order valence-electron chi connectivity index (χ1n) is 8.65. The molecule has 1 fully saturated rings. The molecule has 0 radical (unpaired) electrons. The number of sulfonamides is 1. The number of benzene rings is 1. The van der Waals surface area contributed by atoms with E-state index in [2.05, 4.69) is 5.32 Å². The number of rotatable bonds is 5. The van der Waals surface area contributed by atoms with Gasteiger partial charge in [-0.15, -0.1) is 0 Å². The van der Waals surface area contributed by atoms with Crippen LogP contribution in [0.4, 0.5) is 5.69 Å². The zero-order valence-electron chi connectivity index (χ0n) is 15.1. The number of carbonyl (C=O) groups is 1. The molecule has 1 aliphatic rings. The first-order valence-corrected chi connectivity index (χ1v) is 10.8. The Hall–Kier alpha value is -1.87. The third-order valence-electron chi connectivity index (χ3n) is 4.52. The Balaban J connectivity index is 1.84. The Morgan fingerprint density at radius 2 is 1.82 bits per heavy atom. The summed E-state index contributed by atoms with van der Waals surface area (Å²) in [5, 5.41) is 3.16. The largest absolute Gasteiger partial charge is 0.322 e. The van der Waals surface area contributed by atoms with Crippen LogP contribution in [0.5, 0.6) is 0 Å². The van der Waals surface area contributed by atoms with E-state index in [1.807, 2.05) is 0 Å². The van der Waals surface area contributed by atoms with Gasteiger partial charge >= 0.3 is 0 Å². The highest BCUT2D eigenvalue weighted by atomic mass is 35.5. The lowest BCUT2D eigenvalue weighted by atomic mass is 10.2. The van der Waals surface area contributed by atoms with Crippen molar-refractivity contribution in [2.45, 2.75) is 31.2 Å². The Labute approximate surface area is 172 Å². The Bertz CT molecular complexity index is 1080. The maximum absolute atomic E-state index is 12.7. The molecule has 0 unspecified atom stereocenters. The molecule has 2 aromatic rings. The smallest absolute Gasteiger partial charge is 0.251 e. The van der Waals surface area contributed by atoms with E-state index in [1.165, 1.54) is 16.6 Å². The van der Waals surface area contributed by atoms with Crippen molar-refractivity contribution < 1.29 is 13.2 Å². The second kappa shape index (κ2) is 8.24. The number of nitrogens with one attached hydrogen (secondary N) is 1. The number of halogens is 2. The summed E-state index contributed by atoms with van der Waals surface area (Å²) in [5.41, 5.74) is 0.497. The molecule has 0 bridgehead atoms. The maximum atomic E-state index is 12.7. The average Bonchev–Trinajstić information content (AvgIpc) is 3.19. The van der Waals surface area contributed by atoms with Gasteiger partial charge in [-0.3, -0.25) is 9.59 Å². The summed E-state index contributed by atoms with van der Waals surface area (Å²) in [6, 6.07) is 5.73. The van der Waals surface area contributed by atoms with E-state index >= 15 is 0 Å². The summed E-state index contributed by atoms with van der Waals surface area (Å²) in [4.78, 5) is 24.5. The third kappa shape index (κ3) is 4.25. The molecule has 1 N–H and O–H groups in total. The Kier molecular flexibility index (Phi) is 6.14. The number of carbonyl (C=O) groups excluding carboxylic acids is 1. The van der Waals surface area contributed by atoms with E-state index in [0.717, 1.165) is 29.0 Å². The van der Waals surface area contributed by atoms with Crippen LogP contribution in [0.2, 0.25) is 10.0 Å². The van der Waals surface area contributed by atoms with Crippen LogP contribution in [0.1, 0.15) is 18.4 Å². The topological polar surface area (TPSA) is 88.5 Å². The number of pyridine rings is 1. The average molecular weight is 444 g/mol. The van der Waals surface area contributed by atoms with Crippen LogP contribution in [0, 0.1) is 6.92 Å². The Morgan fingerprint density at radius 3 is 2.50 bits per heavy atom. The number of hydrogen-bond acceptors (Lipinski definition) is 4. The van der Waals surface area contributed by atoms with Gasteiger partial charge in [0.2, 0.25) is 15.9 Å². The van der Waals surface area contributed by atoms with Gasteiger partial charge in [-0.1, -0.05) is 29.3 Å². The molecular formula is C18H19Cl2N3O4S. The zero-order chi connectivity index (χ0) is 20.5. The number of nitrogens with zero attached hydrogens (tertiary/aromatic N) is 2. The summed E-state index contributed by atoms with van der Waals surface area (Å²) in [6.45, 7) is 2.30. The van der Waals surface area contributed by atoms with Crippen LogP contribution in [0.15, 0.2) is 40.2 Å². The molecule has 0 atom stereocenters. The van der Waals surface area contributed by atoms with Gasteiger partial charge in [0, 0.05) is 25.4 Å². The molecule has 1 amide bonds. The highest BCUT2D eigenvalue weighted by Gasteiger charge is 2.27. The molecule has 0 spiro atoms. The molecule has 1 aliphatic heterocycles. The van der Waals surface area contributed by atoms with Gasteiger partial charge in [0.05, 0.1) is 20.6 Å². The summed E-state index contributed by atoms with van der Waals surface area (Å²) in [5.74, 6) is -0.549. The van der Waals surface area contributed by atoms with Crippen LogP contribution in [-0.4, -0.2) is 36.3 Å².